The van der Waals surface area contributed by atoms with Crippen LogP contribution in [0, 0.1) is 0 Å². The summed E-state index contributed by atoms with van der Waals surface area (Å²) in [5.74, 6) is 0. The van der Waals surface area contributed by atoms with Crippen LogP contribution in [-0.4, -0.2) is 40.0 Å². The van der Waals surface area contributed by atoms with Crippen LogP contribution in [0.4, 0.5) is 0 Å². The van der Waals surface area contributed by atoms with Gasteiger partial charge in [-0.15, -0.1) is 0 Å². The lowest BCUT2D eigenvalue weighted by Crippen LogP contribution is -2.29. The Bertz CT molecular complexity index is 456. The molecular formula is C15H21N3O. The molecule has 0 aliphatic rings. The number of nitrogens with zero attached hydrogens (tertiary/aromatic N) is 3. The predicted molar refractivity (Wildman–Crippen MR) is 75.7 cm³/mol. The lowest BCUT2D eigenvalue weighted by molar-refractivity contribution is 0.179. The molecule has 2 rings (SSSR count). The molecular weight excluding hydrogens is 238 g/mol. The number of aliphatic hydroxyl groups is 1. The van der Waals surface area contributed by atoms with Crippen molar-refractivity contribution in [3.63, 3.8) is 0 Å². The maximum absolute atomic E-state index is 9.25. The molecule has 1 N–H and O–H groups in total. The van der Waals surface area contributed by atoms with E-state index in [0.29, 0.717) is 0 Å². The number of rotatable bonds is 7. The van der Waals surface area contributed by atoms with E-state index < -0.39 is 0 Å². The molecule has 4 heteroatoms. The highest BCUT2D eigenvalue weighted by Crippen LogP contribution is 2.22. The highest BCUT2D eigenvalue weighted by molar-refractivity contribution is 5.18. The second-order valence-corrected chi connectivity index (χ2v) is 4.69. The molecule has 0 saturated carbocycles. The Balaban J connectivity index is 1.98. The minimum Gasteiger partial charge on any atom is -0.396 e. The topological polar surface area (TPSA) is 41.3 Å². The highest BCUT2D eigenvalue weighted by atomic mass is 16.3. The Labute approximate surface area is 114 Å². The van der Waals surface area contributed by atoms with Crippen molar-refractivity contribution < 1.29 is 5.11 Å². The average Bonchev–Trinajstić information content (AvgIpc) is 2.96. The minimum atomic E-state index is 0.200. The maximum atomic E-state index is 9.25. The summed E-state index contributed by atoms with van der Waals surface area (Å²) in [7, 11) is 2.09. The summed E-state index contributed by atoms with van der Waals surface area (Å²) < 4.78 is 1.93. The molecule has 0 bridgehead atoms. The third kappa shape index (κ3) is 3.91. The van der Waals surface area contributed by atoms with Crippen LogP contribution in [0.1, 0.15) is 18.0 Å². The van der Waals surface area contributed by atoms with Crippen molar-refractivity contribution in [1.29, 1.82) is 0 Å². The first-order valence-corrected chi connectivity index (χ1v) is 6.64. The van der Waals surface area contributed by atoms with Crippen LogP contribution >= 0.6 is 0 Å². The van der Waals surface area contributed by atoms with Gasteiger partial charge in [-0.05, 0) is 25.1 Å². The molecule has 1 aromatic heterocycles. The first-order valence-electron chi connectivity index (χ1n) is 6.64. The summed E-state index contributed by atoms with van der Waals surface area (Å²) in [5.41, 5.74) is 1.25. The molecule has 1 aromatic carbocycles. The molecule has 4 nitrogen and oxygen atoms in total. The fraction of sp³-hybridized carbons (Fsp3) is 0.400. The number of benzene rings is 1. The van der Waals surface area contributed by atoms with Crippen LogP contribution in [0.15, 0.2) is 48.8 Å². The molecule has 0 radical (unpaired) electrons. The van der Waals surface area contributed by atoms with E-state index in [9.17, 15) is 5.11 Å². The zero-order valence-corrected chi connectivity index (χ0v) is 11.3. The Kier molecular flexibility index (Phi) is 5.12. The summed E-state index contributed by atoms with van der Waals surface area (Å²) in [5, 5.41) is 13.5. The largest absolute Gasteiger partial charge is 0.396 e. The predicted octanol–water partition coefficient (Wildman–Crippen LogP) is 1.94. The van der Waals surface area contributed by atoms with Gasteiger partial charge in [0.1, 0.15) is 0 Å². The Hall–Kier alpha value is -1.65. The van der Waals surface area contributed by atoms with E-state index in [1.165, 1.54) is 5.56 Å². The van der Waals surface area contributed by atoms with Crippen molar-refractivity contribution in [2.24, 2.45) is 0 Å². The zero-order chi connectivity index (χ0) is 13.5. The molecule has 0 spiro atoms. The standard InChI is InChI=1S/C15H21N3O/c1-17(11-12-18-10-5-9-16-18)15(8-13-19)14-6-3-2-4-7-14/h2-7,9-10,15,19H,8,11-13H2,1H3. The molecule has 0 fully saturated rings. The molecule has 19 heavy (non-hydrogen) atoms. The second-order valence-electron chi connectivity index (χ2n) is 4.69. The number of hydrogen-bond donors (Lipinski definition) is 1. The van der Waals surface area contributed by atoms with Gasteiger partial charge in [0.05, 0.1) is 6.54 Å². The van der Waals surface area contributed by atoms with Gasteiger partial charge in [0.15, 0.2) is 0 Å². The normalized spacial score (nSPS) is 12.8. The summed E-state index contributed by atoms with van der Waals surface area (Å²) >= 11 is 0. The van der Waals surface area contributed by atoms with Gasteiger partial charge < -0.3 is 5.11 Å². The van der Waals surface area contributed by atoms with E-state index in [4.69, 9.17) is 0 Å². The van der Waals surface area contributed by atoms with Crippen molar-refractivity contribution >= 4 is 0 Å². The van der Waals surface area contributed by atoms with Gasteiger partial charge in [-0.3, -0.25) is 9.58 Å². The fourth-order valence-corrected chi connectivity index (χ4v) is 2.29. The SMILES string of the molecule is CN(CCn1cccn1)C(CCO)c1ccccc1. The van der Waals surface area contributed by atoms with Gasteiger partial charge in [0.25, 0.3) is 0 Å². The molecule has 1 unspecified atom stereocenters. The molecule has 0 aliphatic heterocycles. The van der Waals surface area contributed by atoms with Crippen molar-refractivity contribution in [2.75, 3.05) is 20.2 Å². The fourth-order valence-electron chi connectivity index (χ4n) is 2.29. The van der Waals surface area contributed by atoms with E-state index in [2.05, 4.69) is 29.2 Å². The summed E-state index contributed by atoms with van der Waals surface area (Å²) in [6, 6.07) is 12.5. The van der Waals surface area contributed by atoms with Crippen molar-refractivity contribution in [3.05, 3.63) is 54.4 Å². The van der Waals surface area contributed by atoms with Crippen molar-refractivity contribution in [2.45, 2.75) is 19.0 Å². The van der Waals surface area contributed by atoms with Crippen LogP contribution in [0.25, 0.3) is 0 Å². The van der Waals surface area contributed by atoms with E-state index >= 15 is 0 Å². The third-order valence-electron chi connectivity index (χ3n) is 3.36. The van der Waals surface area contributed by atoms with Gasteiger partial charge in [-0.1, -0.05) is 30.3 Å². The molecule has 0 amide bonds. The lowest BCUT2D eigenvalue weighted by atomic mass is 10.0. The van der Waals surface area contributed by atoms with Crippen molar-refractivity contribution in [1.82, 2.24) is 14.7 Å². The first kappa shape index (κ1) is 13.8. The number of aliphatic hydroxyl groups excluding tert-OH is 1. The highest BCUT2D eigenvalue weighted by Gasteiger charge is 2.15. The van der Waals surface area contributed by atoms with Gasteiger partial charge in [0.2, 0.25) is 0 Å². The molecule has 0 saturated heterocycles. The molecule has 1 atom stereocenters. The van der Waals surface area contributed by atoms with E-state index in [1.54, 1.807) is 6.20 Å². The van der Waals surface area contributed by atoms with Gasteiger partial charge in [-0.2, -0.15) is 5.10 Å². The Morgan fingerprint density at radius 2 is 2.05 bits per heavy atom. The van der Waals surface area contributed by atoms with Crippen LogP contribution < -0.4 is 0 Å². The van der Waals surface area contributed by atoms with Crippen LogP contribution in [0.5, 0.6) is 0 Å². The summed E-state index contributed by atoms with van der Waals surface area (Å²) in [6.07, 6.45) is 4.51. The molecule has 2 aromatic rings. The first-order chi connectivity index (χ1) is 9.31. The minimum absolute atomic E-state index is 0.200. The summed E-state index contributed by atoms with van der Waals surface area (Å²) in [6.45, 7) is 1.96. The lowest BCUT2D eigenvalue weighted by Gasteiger charge is -2.28. The Morgan fingerprint density at radius 1 is 1.26 bits per heavy atom. The number of hydrogen-bond acceptors (Lipinski definition) is 3. The van der Waals surface area contributed by atoms with Crippen molar-refractivity contribution in [3.8, 4) is 0 Å². The van der Waals surface area contributed by atoms with Gasteiger partial charge in [0, 0.05) is 31.6 Å². The van der Waals surface area contributed by atoms with E-state index in [1.807, 2.05) is 35.1 Å². The van der Waals surface area contributed by atoms with Crippen LogP contribution in [0.3, 0.4) is 0 Å². The molecule has 1 heterocycles. The molecule has 102 valence electrons. The van der Waals surface area contributed by atoms with E-state index in [-0.39, 0.29) is 12.6 Å². The Morgan fingerprint density at radius 3 is 2.68 bits per heavy atom. The molecule has 0 aliphatic carbocycles. The monoisotopic (exact) mass is 259 g/mol. The number of aromatic nitrogens is 2. The smallest absolute Gasteiger partial charge is 0.0536 e. The van der Waals surface area contributed by atoms with Gasteiger partial charge >= 0.3 is 0 Å². The number of likely N-dealkylation sites (N-methyl/N-ethyl adjacent to an activating group) is 1. The summed E-state index contributed by atoms with van der Waals surface area (Å²) in [4.78, 5) is 2.27. The zero-order valence-electron chi connectivity index (χ0n) is 11.3. The second kappa shape index (κ2) is 7.07. The average molecular weight is 259 g/mol. The quantitative estimate of drug-likeness (QED) is 0.826. The van der Waals surface area contributed by atoms with E-state index in [0.717, 1.165) is 19.5 Å². The van der Waals surface area contributed by atoms with Crippen LogP contribution in [-0.2, 0) is 6.54 Å². The third-order valence-corrected chi connectivity index (χ3v) is 3.36. The van der Waals surface area contributed by atoms with Gasteiger partial charge in [-0.25, -0.2) is 0 Å². The van der Waals surface area contributed by atoms with Crippen LogP contribution in [0.2, 0.25) is 0 Å². The maximum Gasteiger partial charge on any atom is 0.0536 e.